The highest BCUT2D eigenvalue weighted by Crippen LogP contribution is 2.13. The van der Waals surface area contributed by atoms with Gasteiger partial charge in [-0.3, -0.25) is 0 Å². The van der Waals surface area contributed by atoms with Gasteiger partial charge in [0.15, 0.2) is 0 Å². The number of hydrogen-bond acceptors (Lipinski definition) is 3. The Hall–Kier alpha value is -0.800. The molecule has 0 atom stereocenters. The van der Waals surface area contributed by atoms with Gasteiger partial charge in [0.05, 0.1) is 0 Å². The molecule has 1 N–H and O–H groups in total. The number of carbonyl (C=O) groups is 1. The molecule has 0 aliphatic carbocycles. The van der Waals surface area contributed by atoms with E-state index in [1.807, 2.05) is 18.6 Å². The van der Waals surface area contributed by atoms with Crippen LogP contribution in [0.25, 0.3) is 0 Å². The van der Waals surface area contributed by atoms with Crippen LogP contribution in [0, 0.1) is 6.92 Å². The first-order chi connectivity index (χ1) is 9.77. The van der Waals surface area contributed by atoms with Gasteiger partial charge in [0.2, 0.25) is 0 Å². The van der Waals surface area contributed by atoms with E-state index in [1.54, 1.807) is 0 Å². The second-order valence-corrected chi connectivity index (χ2v) is 5.95. The van der Waals surface area contributed by atoms with Crippen molar-refractivity contribution in [2.45, 2.75) is 40.0 Å². The van der Waals surface area contributed by atoms with Gasteiger partial charge in [-0.05, 0) is 36.5 Å². The summed E-state index contributed by atoms with van der Waals surface area (Å²) in [6, 6.07) is 6.82. The van der Waals surface area contributed by atoms with Crippen LogP contribution in [0.3, 0.4) is 0 Å². The predicted molar refractivity (Wildman–Crippen MR) is 91.9 cm³/mol. The third kappa shape index (κ3) is 8.39. The molecule has 1 aromatic rings. The average Bonchev–Trinajstić information content (AvgIpc) is 2.54. The second-order valence-electron chi connectivity index (χ2n) is 4.73. The first kappa shape index (κ1) is 19.2. The summed E-state index contributed by atoms with van der Waals surface area (Å²) in [5.41, 5.74) is 4.43. The van der Waals surface area contributed by atoms with Gasteiger partial charge in [0.25, 0.3) is 0 Å². The molecule has 1 fully saturated rings. The highest BCUT2D eigenvalue weighted by atomic mass is 32.2. The van der Waals surface area contributed by atoms with Crippen LogP contribution < -0.4 is 5.32 Å². The summed E-state index contributed by atoms with van der Waals surface area (Å²) in [6.45, 7) is 11.1. The maximum atomic E-state index is 8.00. The Morgan fingerprint density at radius 1 is 1.20 bits per heavy atom. The minimum Gasteiger partial charge on any atom is -0.315 e. The predicted octanol–water partition coefficient (Wildman–Crippen LogP) is 3.65. The van der Waals surface area contributed by atoms with E-state index in [9.17, 15) is 0 Å². The average molecular weight is 295 g/mol. The standard InChI is InChI=1S/C12H18.C4H9NS.CH2O/c1-4-6-12-9-11(5-2)8-7-10(12)3;1-3-6-4-2-5-1;1-2/h7-9H,4-6H2,1-3H3;5H,1-4H2;1H2. The molecule has 2 rings (SSSR count). The molecule has 114 valence electrons. The van der Waals surface area contributed by atoms with Crippen molar-refractivity contribution in [1.29, 1.82) is 0 Å². The van der Waals surface area contributed by atoms with Crippen LogP contribution in [-0.4, -0.2) is 31.4 Å². The van der Waals surface area contributed by atoms with Crippen LogP contribution in [0.2, 0.25) is 0 Å². The van der Waals surface area contributed by atoms with Crippen molar-refractivity contribution in [2.24, 2.45) is 0 Å². The first-order valence-corrected chi connectivity index (χ1v) is 8.59. The summed E-state index contributed by atoms with van der Waals surface area (Å²) in [5.74, 6) is 2.61. The molecule has 1 aliphatic heterocycles. The van der Waals surface area contributed by atoms with Crippen molar-refractivity contribution in [3.8, 4) is 0 Å². The number of aryl methyl sites for hydroxylation is 3. The van der Waals surface area contributed by atoms with E-state index in [-0.39, 0.29) is 0 Å². The fraction of sp³-hybridized carbons (Fsp3) is 0.588. The number of nitrogens with one attached hydrogen (secondary N) is 1. The zero-order valence-corrected chi connectivity index (χ0v) is 14.0. The summed E-state index contributed by atoms with van der Waals surface area (Å²) in [5, 5.41) is 3.26. The summed E-state index contributed by atoms with van der Waals surface area (Å²) in [7, 11) is 0. The first-order valence-electron chi connectivity index (χ1n) is 7.43. The van der Waals surface area contributed by atoms with Crippen LogP contribution in [0.15, 0.2) is 18.2 Å². The Balaban J connectivity index is 0.000000377. The van der Waals surface area contributed by atoms with E-state index < -0.39 is 0 Å². The smallest absolute Gasteiger partial charge is 0.106 e. The molecule has 0 saturated carbocycles. The molecule has 0 aromatic heterocycles. The summed E-state index contributed by atoms with van der Waals surface area (Å²) in [6.07, 6.45) is 3.62. The lowest BCUT2D eigenvalue weighted by Crippen LogP contribution is -2.24. The number of hydrogen-bond donors (Lipinski definition) is 1. The minimum absolute atomic E-state index is 1.15. The van der Waals surface area contributed by atoms with Gasteiger partial charge in [-0.15, -0.1) is 0 Å². The number of benzene rings is 1. The van der Waals surface area contributed by atoms with Crippen molar-refractivity contribution < 1.29 is 4.79 Å². The van der Waals surface area contributed by atoms with Gasteiger partial charge in [-0.25, -0.2) is 0 Å². The molecule has 1 heterocycles. The third-order valence-electron chi connectivity index (χ3n) is 3.19. The van der Waals surface area contributed by atoms with Crippen molar-refractivity contribution in [2.75, 3.05) is 24.6 Å². The largest absolute Gasteiger partial charge is 0.315 e. The van der Waals surface area contributed by atoms with Gasteiger partial charge in [0, 0.05) is 24.6 Å². The summed E-state index contributed by atoms with van der Waals surface area (Å²) < 4.78 is 0. The molecule has 0 radical (unpaired) electrons. The third-order valence-corrected chi connectivity index (χ3v) is 4.17. The van der Waals surface area contributed by atoms with Gasteiger partial charge in [-0.2, -0.15) is 11.8 Å². The molecule has 0 amide bonds. The Morgan fingerprint density at radius 3 is 2.25 bits per heavy atom. The van der Waals surface area contributed by atoms with Crippen LogP contribution in [0.1, 0.15) is 37.0 Å². The Bertz CT molecular complexity index is 339. The molecular weight excluding hydrogens is 266 g/mol. The van der Waals surface area contributed by atoms with Crippen molar-refractivity contribution in [3.63, 3.8) is 0 Å². The molecule has 3 heteroatoms. The SMILES string of the molecule is C1CSCCN1.C=O.CCCc1cc(CC)ccc1C. The molecule has 1 saturated heterocycles. The second kappa shape index (κ2) is 13.2. The maximum Gasteiger partial charge on any atom is 0.106 e. The van der Waals surface area contributed by atoms with Crippen molar-refractivity contribution >= 4 is 18.6 Å². The molecule has 20 heavy (non-hydrogen) atoms. The number of carbonyl (C=O) groups excluding carboxylic acids is 1. The van der Waals surface area contributed by atoms with Crippen molar-refractivity contribution in [1.82, 2.24) is 5.32 Å². The molecule has 0 spiro atoms. The lowest BCUT2D eigenvalue weighted by molar-refractivity contribution is -0.0979. The number of thioether (sulfide) groups is 1. The van der Waals surface area contributed by atoms with E-state index in [1.165, 1.54) is 54.1 Å². The molecule has 1 aromatic carbocycles. The van der Waals surface area contributed by atoms with Gasteiger partial charge in [0.1, 0.15) is 6.79 Å². The van der Waals surface area contributed by atoms with Crippen LogP contribution in [-0.2, 0) is 17.6 Å². The lowest BCUT2D eigenvalue weighted by atomic mass is 10.0. The highest BCUT2D eigenvalue weighted by molar-refractivity contribution is 7.99. The Labute approximate surface area is 128 Å². The van der Waals surface area contributed by atoms with Crippen molar-refractivity contribution in [3.05, 3.63) is 34.9 Å². The van der Waals surface area contributed by atoms with E-state index in [0.29, 0.717) is 0 Å². The molecule has 0 bridgehead atoms. The van der Waals surface area contributed by atoms with Crippen LogP contribution >= 0.6 is 11.8 Å². The Morgan fingerprint density at radius 2 is 1.85 bits per heavy atom. The number of rotatable bonds is 3. The van der Waals surface area contributed by atoms with E-state index in [0.717, 1.165) is 6.42 Å². The lowest BCUT2D eigenvalue weighted by Gasteiger charge is -2.08. The highest BCUT2D eigenvalue weighted by Gasteiger charge is 1.97. The zero-order valence-electron chi connectivity index (χ0n) is 13.2. The molecule has 1 aliphatic rings. The normalized spacial score (nSPS) is 13.6. The Kier molecular flexibility index (Phi) is 12.7. The molecule has 0 unspecified atom stereocenters. The molecular formula is C17H29NOS. The molecule has 2 nitrogen and oxygen atoms in total. The fourth-order valence-electron chi connectivity index (χ4n) is 2.00. The van der Waals surface area contributed by atoms with Gasteiger partial charge < -0.3 is 10.1 Å². The minimum atomic E-state index is 1.15. The van der Waals surface area contributed by atoms with Crippen LogP contribution in [0.5, 0.6) is 0 Å². The summed E-state index contributed by atoms with van der Waals surface area (Å²) >= 11 is 2.03. The summed E-state index contributed by atoms with van der Waals surface area (Å²) in [4.78, 5) is 8.00. The van der Waals surface area contributed by atoms with E-state index in [2.05, 4.69) is 44.3 Å². The monoisotopic (exact) mass is 295 g/mol. The van der Waals surface area contributed by atoms with E-state index >= 15 is 0 Å². The van der Waals surface area contributed by atoms with Gasteiger partial charge >= 0.3 is 0 Å². The quantitative estimate of drug-likeness (QED) is 0.923. The maximum absolute atomic E-state index is 8.00. The van der Waals surface area contributed by atoms with E-state index in [4.69, 9.17) is 4.79 Å². The van der Waals surface area contributed by atoms with Gasteiger partial charge in [-0.1, -0.05) is 38.5 Å². The van der Waals surface area contributed by atoms with Crippen LogP contribution in [0.4, 0.5) is 0 Å². The fourth-order valence-corrected chi connectivity index (χ4v) is 2.78. The zero-order chi connectivity index (χ0) is 15.2. The topological polar surface area (TPSA) is 29.1 Å².